The lowest BCUT2D eigenvalue weighted by atomic mass is 10.0. The highest BCUT2D eigenvalue weighted by atomic mass is 35.5. The Labute approximate surface area is 145 Å². The molecule has 116 valence electrons. The Morgan fingerprint density at radius 1 is 1.36 bits per heavy atom. The minimum Gasteiger partial charge on any atom is -0.352 e. The Balaban J connectivity index is 1.96. The maximum absolute atomic E-state index is 6.15. The van der Waals surface area contributed by atoms with Crippen LogP contribution in [0.15, 0.2) is 36.5 Å². The van der Waals surface area contributed by atoms with Crippen molar-refractivity contribution in [3.63, 3.8) is 0 Å². The second-order valence-corrected chi connectivity index (χ2v) is 7.45. The summed E-state index contributed by atoms with van der Waals surface area (Å²) in [5.41, 5.74) is 1.01. The second-order valence-electron chi connectivity index (χ2n) is 5.32. The molecular weight excluding hydrogens is 334 g/mol. The summed E-state index contributed by atoms with van der Waals surface area (Å²) in [7, 11) is 0. The summed E-state index contributed by atoms with van der Waals surface area (Å²) in [5, 5.41) is 4.25. The van der Waals surface area contributed by atoms with Gasteiger partial charge in [-0.3, -0.25) is 4.98 Å². The SMILES string of the molecule is CCCCN1C(=S)NC(c2ccccn2)C1c1ccc(Cl)s1. The molecule has 0 aliphatic carbocycles. The molecule has 1 N–H and O–H groups in total. The number of rotatable bonds is 5. The topological polar surface area (TPSA) is 28.2 Å². The van der Waals surface area contributed by atoms with Gasteiger partial charge in [-0.1, -0.05) is 31.0 Å². The molecule has 0 bridgehead atoms. The summed E-state index contributed by atoms with van der Waals surface area (Å²) < 4.78 is 0.808. The number of nitrogens with zero attached hydrogens (tertiary/aromatic N) is 2. The van der Waals surface area contributed by atoms with Gasteiger partial charge in [0.2, 0.25) is 0 Å². The van der Waals surface area contributed by atoms with Crippen molar-refractivity contribution in [1.82, 2.24) is 15.2 Å². The number of thiophene rings is 1. The Morgan fingerprint density at radius 2 is 2.23 bits per heavy atom. The van der Waals surface area contributed by atoms with Crippen LogP contribution in [0.3, 0.4) is 0 Å². The van der Waals surface area contributed by atoms with Crippen LogP contribution in [-0.4, -0.2) is 21.5 Å². The predicted octanol–water partition coefficient (Wildman–Crippen LogP) is 4.57. The Hall–Kier alpha value is -1.17. The average Bonchev–Trinajstić information content (AvgIpc) is 3.09. The first-order chi connectivity index (χ1) is 10.7. The molecule has 0 aromatic carbocycles. The molecule has 0 spiro atoms. The van der Waals surface area contributed by atoms with Crippen LogP contribution in [0.25, 0.3) is 0 Å². The lowest BCUT2D eigenvalue weighted by Gasteiger charge is -2.26. The maximum Gasteiger partial charge on any atom is 0.170 e. The molecule has 2 aromatic heterocycles. The zero-order valence-electron chi connectivity index (χ0n) is 12.3. The van der Waals surface area contributed by atoms with Gasteiger partial charge in [0.05, 0.1) is 22.1 Å². The Kier molecular flexibility index (Phi) is 4.96. The number of aromatic nitrogens is 1. The Morgan fingerprint density at radius 3 is 2.86 bits per heavy atom. The highest BCUT2D eigenvalue weighted by Crippen LogP contribution is 2.42. The maximum atomic E-state index is 6.15. The van der Waals surface area contributed by atoms with Gasteiger partial charge >= 0.3 is 0 Å². The number of pyridine rings is 1. The molecule has 22 heavy (non-hydrogen) atoms. The number of nitrogens with one attached hydrogen (secondary N) is 1. The van der Waals surface area contributed by atoms with Crippen LogP contribution in [0.4, 0.5) is 0 Å². The lowest BCUT2D eigenvalue weighted by molar-refractivity contribution is 0.317. The summed E-state index contributed by atoms with van der Waals surface area (Å²) >= 11 is 13.3. The molecule has 6 heteroatoms. The van der Waals surface area contributed by atoms with Crippen molar-refractivity contribution in [2.45, 2.75) is 31.8 Å². The highest BCUT2D eigenvalue weighted by molar-refractivity contribution is 7.80. The van der Waals surface area contributed by atoms with Crippen molar-refractivity contribution in [2.24, 2.45) is 0 Å². The van der Waals surface area contributed by atoms with E-state index in [1.165, 1.54) is 4.88 Å². The van der Waals surface area contributed by atoms with Gasteiger partial charge < -0.3 is 10.2 Å². The zero-order chi connectivity index (χ0) is 15.5. The number of thiocarbonyl (C=S) groups is 1. The third-order valence-corrected chi connectivity index (χ3v) is 5.49. The number of unbranched alkanes of at least 4 members (excludes halogenated alkanes) is 1. The van der Waals surface area contributed by atoms with Crippen molar-refractivity contribution >= 4 is 40.3 Å². The quantitative estimate of drug-likeness (QED) is 0.799. The fourth-order valence-corrected chi connectivity index (χ4v) is 4.31. The molecular formula is C16H18ClN3S2. The van der Waals surface area contributed by atoms with Crippen molar-refractivity contribution in [3.8, 4) is 0 Å². The normalized spacial score (nSPS) is 21.2. The van der Waals surface area contributed by atoms with E-state index < -0.39 is 0 Å². The fraction of sp³-hybridized carbons (Fsp3) is 0.375. The fourth-order valence-electron chi connectivity index (χ4n) is 2.77. The van der Waals surface area contributed by atoms with Gasteiger partial charge in [-0.05, 0) is 42.9 Å². The van der Waals surface area contributed by atoms with Crippen molar-refractivity contribution in [1.29, 1.82) is 0 Å². The smallest absolute Gasteiger partial charge is 0.170 e. The van der Waals surface area contributed by atoms with Gasteiger partial charge in [-0.15, -0.1) is 11.3 Å². The molecule has 2 atom stereocenters. The van der Waals surface area contributed by atoms with E-state index in [4.69, 9.17) is 23.8 Å². The van der Waals surface area contributed by atoms with Gasteiger partial charge in [-0.25, -0.2) is 0 Å². The lowest BCUT2D eigenvalue weighted by Crippen LogP contribution is -2.30. The van der Waals surface area contributed by atoms with E-state index in [-0.39, 0.29) is 12.1 Å². The minimum atomic E-state index is 0.0697. The van der Waals surface area contributed by atoms with E-state index >= 15 is 0 Å². The molecule has 3 nitrogen and oxygen atoms in total. The molecule has 2 unspecified atom stereocenters. The van der Waals surface area contributed by atoms with Gasteiger partial charge in [0, 0.05) is 17.6 Å². The van der Waals surface area contributed by atoms with Crippen LogP contribution in [0, 0.1) is 0 Å². The molecule has 0 saturated carbocycles. The molecule has 1 aliphatic heterocycles. The molecule has 0 radical (unpaired) electrons. The minimum absolute atomic E-state index is 0.0697. The van der Waals surface area contributed by atoms with Gasteiger partial charge in [-0.2, -0.15) is 0 Å². The van der Waals surface area contributed by atoms with E-state index in [2.05, 4.69) is 28.2 Å². The van der Waals surface area contributed by atoms with Gasteiger partial charge in [0.15, 0.2) is 5.11 Å². The van der Waals surface area contributed by atoms with E-state index in [1.807, 2.05) is 30.5 Å². The van der Waals surface area contributed by atoms with Crippen molar-refractivity contribution in [2.75, 3.05) is 6.54 Å². The Bertz CT molecular complexity index is 644. The van der Waals surface area contributed by atoms with Crippen LogP contribution in [0.2, 0.25) is 4.34 Å². The second kappa shape index (κ2) is 6.94. The third-order valence-electron chi connectivity index (χ3n) is 3.84. The first-order valence-electron chi connectivity index (χ1n) is 7.44. The summed E-state index contributed by atoms with van der Waals surface area (Å²) in [6.45, 7) is 3.14. The molecule has 2 aromatic rings. The van der Waals surface area contributed by atoms with Crippen molar-refractivity contribution in [3.05, 3.63) is 51.4 Å². The predicted molar refractivity (Wildman–Crippen MR) is 96.4 cm³/mol. The summed E-state index contributed by atoms with van der Waals surface area (Å²) in [4.78, 5) is 8.02. The first kappa shape index (κ1) is 15.7. The standard InChI is InChI=1S/C16H18ClN3S2/c1-2-3-10-20-15(12-7-8-13(17)22-12)14(19-16(20)21)11-6-4-5-9-18-11/h4-9,14-15H,2-3,10H2,1H3,(H,19,21). The van der Waals surface area contributed by atoms with Crippen LogP contribution >= 0.6 is 35.2 Å². The molecule has 1 aliphatic rings. The first-order valence-corrected chi connectivity index (χ1v) is 9.04. The van der Waals surface area contributed by atoms with Crippen LogP contribution < -0.4 is 5.32 Å². The van der Waals surface area contributed by atoms with Crippen LogP contribution in [0.5, 0.6) is 0 Å². The average molecular weight is 352 g/mol. The van der Waals surface area contributed by atoms with E-state index in [0.717, 1.165) is 34.5 Å². The van der Waals surface area contributed by atoms with Crippen molar-refractivity contribution < 1.29 is 0 Å². The molecule has 1 fully saturated rings. The molecule has 1 saturated heterocycles. The summed E-state index contributed by atoms with van der Waals surface area (Å²) in [6.07, 6.45) is 4.09. The van der Waals surface area contributed by atoms with E-state index in [1.54, 1.807) is 11.3 Å². The highest BCUT2D eigenvalue weighted by Gasteiger charge is 2.40. The summed E-state index contributed by atoms with van der Waals surface area (Å²) in [6, 6.07) is 10.3. The monoisotopic (exact) mass is 351 g/mol. The molecule has 3 rings (SSSR count). The van der Waals surface area contributed by atoms with Crippen LogP contribution in [0.1, 0.15) is 42.4 Å². The van der Waals surface area contributed by atoms with Gasteiger partial charge in [0.1, 0.15) is 0 Å². The summed E-state index contributed by atoms with van der Waals surface area (Å²) in [5.74, 6) is 0. The molecule has 0 amide bonds. The third kappa shape index (κ3) is 3.12. The van der Waals surface area contributed by atoms with Crippen LogP contribution in [-0.2, 0) is 0 Å². The van der Waals surface area contributed by atoms with E-state index in [0.29, 0.717) is 0 Å². The zero-order valence-corrected chi connectivity index (χ0v) is 14.7. The van der Waals surface area contributed by atoms with Gasteiger partial charge in [0.25, 0.3) is 0 Å². The number of hydrogen-bond donors (Lipinski definition) is 1. The van der Waals surface area contributed by atoms with E-state index in [9.17, 15) is 0 Å². The largest absolute Gasteiger partial charge is 0.352 e. The number of hydrogen-bond acceptors (Lipinski definition) is 3. The number of halogens is 1. The molecule has 3 heterocycles.